The Bertz CT molecular complexity index is 1070. The Hall–Kier alpha value is -3.18. The topological polar surface area (TPSA) is 46.3 Å². The molecule has 5 heteroatoms. The molecule has 0 N–H and O–H groups in total. The van der Waals surface area contributed by atoms with Crippen LogP contribution in [0.1, 0.15) is 23.3 Å². The van der Waals surface area contributed by atoms with Crippen LogP contribution in [0, 0.1) is 0 Å². The maximum absolute atomic E-state index is 13.1. The van der Waals surface area contributed by atoms with Crippen LogP contribution in [0.3, 0.4) is 0 Å². The molecule has 0 aliphatic rings. The number of carbonyl (C=O) groups excluding carboxylic acids is 1. The maximum Gasteiger partial charge on any atom is 0.247 e. The van der Waals surface area contributed by atoms with Crippen molar-refractivity contribution in [2.75, 3.05) is 0 Å². The zero-order chi connectivity index (χ0) is 20.1. The summed E-state index contributed by atoms with van der Waals surface area (Å²) in [6, 6.07) is 21.9. The highest BCUT2D eigenvalue weighted by Gasteiger charge is 2.19. The zero-order valence-electron chi connectivity index (χ0n) is 16.2. The van der Waals surface area contributed by atoms with Gasteiger partial charge in [-0.25, -0.2) is 4.98 Å². The van der Waals surface area contributed by atoms with Gasteiger partial charge in [0.2, 0.25) is 11.8 Å². The van der Waals surface area contributed by atoms with E-state index in [0.29, 0.717) is 18.0 Å². The van der Waals surface area contributed by atoms with Crippen molar-refractivity contribution in [1.82, 2.24) is 9.88 Å². The molecule has 0 bridgehead atoms. The molecular formula is C24H22N2O2S. The van der Waals surface area contributed by atoms with Crippen LogP contribution in [0.4, 0.5) is 0 Å². The smallest absolute Gasteiger partial charge is 0.247 e. The van der Waals surface area contributed by atoms with E-state index in [1.807, 2.05) is 65.6 Å². The number of aromatic nitrogens is 1. The van der Waals surface area contributed by atoms with Gasteiger partial charge in [0.05, 0.1) is 0 Å². The van der Waals surface area contributed by atoms with Gasteiger partial charge < -0.3 is 9.32 Å². The lowest BCUT2D eigenvalue weighted by Crippen LogP contribution is -2.38. The summed E-state index contributed by atoms with van der Waals surface area (Å²) < 4.78 is 5.70. The largest absolute Gasteiger partial charge is 0.437 e. The Kier molecular flexibility index (Phi) is 5.86. The minimum absolute atomic E-state index is 0.0554. The van der Waals surface area contributed by atoms with Crippen LogP contribution >= 0.6 is 11.3 Å². The first-order valence-corrected chi connectivity index (χ1v) is 10.5. The highest BCUT2D eigenvalue weighted by atomic mass is 32.1. The zero-order valence-corrected chi connectivity index (χ0v) is 17.0. The lowest BCUT2D eigenvalue weighted by molar-refractivity contribution is -0.128. The van der Waals surface area contributed by atoms with Crippen molar-refractivity contribution in [2.45, 2.75) is 25.9 Å². The monoisotopic (exact) mass is 402 g/mol. The fourth-order valence-corrected chi connectivity index (χ4v) is 4.09. The summed E-state index contributed by atoms with van der Waals surface area (Å²) in [6.07, 6.45) is 4.03. The summed E-state index contributed by atoms with van der Waals surface area (Å²) in [5.41, 5.74) is 2.60. The van der Waals surface area contributed by atoms with E-state index in [4.69, 9.17) is 4.42 Å². The predicted octanol–water partition coefficient (Wildman–Crippen LogP) is 5.56. The van der Waals surface area contributed by atoms with Gasteiger partial charge in [-0.15, -0.1) is 11.3 Å². The Morgan fingerprint density at radius 2 is 1.90 bits per heavy atom. The molecule has 2 aromatic heterocycles. The fraction of sp³-hybridized carbons (Fsp3) is 0.167. The van der Waals surface area contributed by atoms with Crippen molar-refractivity contribution < 1.29 is 9.21 Å². The van der Waals surface area contributed by atoms with Crippen molar-refractivity contribution in [2.24, 2.45) is 0 Å². The number of para-hydroxylation sites is 2. The second-order valence-corrected chi connectivity index (χ2v) is 7.97. The molecule has 1 atom stereocenters. The number of benzene rings is 2. The Morgan fingerprint density at radius 3 is 2.66 bits per heavy atom. The molecule has 2 heterocycles. The molecule has 4 rings (SSSR count). The van der Waals surface area contributed by atoms with Gasteiger partial charge in [0.25, 0.3) is 0 Å². The Balaban J connectivity index is 1.54. The fourth-order valence-electron chi connectivity index (χ4n) is 3.26. The predicted molar refractivity (Wildman–Crippen MR) is 118 cm³/mol. The molecule has 4 nitrogen and oxygen atoms in total. The molecule has 0 saturated carbocycles. The number of rotatable bonds is 7. The normalized spacial score (nSPS) is 12.4. The van der Waals surface area contributed by atoms with Gasteiger partial charge >= 0.3 is 0 Å². The summed E-state index contributed by atoms with van der Waals surface area (Å²) >= 11 is 1.72. The van der Waals surface area contributed by atoms with Crippen LogP contribution < -0.4 is 0 Å². The van der Waals surface area contributed by atoms with E-state index in [2.05, 4.69) is 23.4 Å². The summed E-state index contributed by atoms with van der Waals surface area (Å²) in [5.74, 6) is 0.380. The number of nitrogens with zero attached hydrogens (tertiary/aromatic N) is 2. The standard InChI is InChI=1S/C24H22N2O2S/c1-18(16-20-10-7-15-29-20)26(17-19-8-3-2-4-9-19)24(27)14-13-23-25-21-11-5-6-12-22(21)28-23/h2-15,18H,16-17H2,1H3/b14-13+. The Labute approximate surface area is 174 Å². The lowest BCUT2D eigenvalue weighted by Gasteiger charge is -2.28. The molecule has 29 heavy (non-hydrogen) atoms. The van der Waals surface area contributed by atoms with Gasteiger partial charge in [0.1, 0.15) is 5.52 Å². The van der Waals surface area contributed by atoms with Gasteiger partial charge in [-0.05, 0) is 36.1 Å². The third kappa shape index (κ3) is 4.81. The molecule has 146 valence electrons. The summed E-state index contributed by atoms with van der Waals surface area (Å²) in [5, 5.41) is 2.07. The minimum atomic E-state index is -0.0554. The first-order chi connectivity index (χ1) is 14.2. The number of thiophene rings is 1. The number of carbonyl (C=O) groups is 1. The van der Waals surface area contributed by atoms with Crippen LogP contribution in [0.2, 0.25) is 0 Å². The van der Waals surface area contributed by atoms with Crippen molar-refractivity contribution in [3.05, 3.63) is 94.5 Å². The third-order valence-electron chi connectivity index (χ3n) is 4.77. The van der Waals surface area contributed by atoms with E-state index in [-0.39, 0.29) is 11.9 Å². The van der Waals surface area contributed by atoms with Crippen molar-refractivity contribution in [3.63, 3.8) is 0 Å². The van der Waals surface area contributed by atoms with Gasteiger partial charge in [-0.3, -0.25) is 4.79 Å². The van der Waals surface area contributed by atoms with E-state index in [1.165, 1.54) is 4.88 Å². The molecule has 0 aliphatic heterocycles. The molecule has 2 aromatic carbocycles. The van der Waals surface area contributed by atoms with E-state index in [9.17, 15) is 4.79 Å². The summed E-state index contributed by atoms with van der Waals surface area (Å²) in [4.78, 5) is 20.7. The van der Waals surface area contributed by atoms with Gasteiger partial charge in [-0.1, -0.05) is 48.5 Å². The average Bonchev–Trinajstić information content (AvgIpc) is 3.40. The van der Waals surface area contributed by atoms with Crippen LogP contribution in [-0.2, 0) is 17.8 Å². The van der Waals surface area contributed by atoms with E-state index in [1.54, 1.807) is 23.5 Å². The molecule has 1 unspecified atom stereocenters. The van der Waals surface area contributed by atoms with Crippen LogP contribution in [-0.4, -0.2) is 21.8 Å². The number of oxazole rings is 1. The highest BCUT2D eigenvalue weighted by Crippen LogP contribution is 2.19. The third-order valence-corrected chi connectivity index (χ3v) is 5.67. The summed E-state index contributed by atoms with van der Waals surface area (Å²) in [7, 11) is 0. The van der Waals surface area contributed by atoms with Gasteiger partial charge in [0.15, 0.2) is 5.58 Å². The molecular weight excluding hydrogens is 380 g/mol. The highest BCUT2D eigenvalue weighted by molar-refractivity contribution is 7.09. The van der Waals surface area contributed by atoms with Crippen LogP contribution in [0.25, 0.3) is 17.2 Å². The number of hydrogen-bond donors (Lipinski definition) is 0. The van der Waals surface area contributed by atoms with E-state index < -0.39 is 0 Å². The maximum atomic E-state index is 13.1. The van der Waals surface area contributed by atoms with Crippen molar-refractivity contribution >= 4 is 34.4 Å². The second kappa shape index (κ2) is 8.88. The minimum Gasteiger partial charge on any atom is -0.437 e. The molecule has 0 saturated heterocycles. The van der Waals surface area contributed by atoms with Gasteiger partial charge in [-0.2, -0.15) is 0 Å². The molecule has 0 aliphatic carbocycles. The molecule has 4 aromatic rings. The Morgan fingerprint density at radius 1 is 1.10 bits per heavy atom. The number of amides is 1. The molecule has 1 amide bonds. The number of hydrogen-bond acceptors (Lipinski definition) is 4. The average molecular weight is 403 g/mol. The number of fused-ring (bicyclic) bond motifs is 1. The summed E-state index contributed by atoms with van der Waals surface area (Å²) in [6.45, 7) is 2.65. The van der Waals surface area contributed by atoms with Crippen molar-refractivity contribution in [1.29, 1.82) is 0 Å². The molecule has 0 radical (unpaired) electrons. The first-order valence-electron chi connectivity index (χ1n) is 9.59. The van der Waals surface area contributed by atoms with Crippen molar-refractivity contribution in [3.8, 4) is 0 Å². The first kappa shape index (κ1) is 19.2. The second-order valence-electron chi connectivity index (χ2n) is 6.94. The SMILES string of the molecule is CC(Cc1cccs1)N(Cc1ccccc1)C(=O)/C=C/c1nc2ccccc2o1. The quantitative estimate of drug-likeness (QED) is 0.380. The lowest BCUT2D eigenvalue weighted by atomic mass is 10.1. The van der Waals surface area contributed by atoms with Crippen LogP contribution in [0.5, 0.6) is 0 Å². The molecule has 0 fully saturated rings. The van der Waals surface area contributed by atoms with Crippen LogP contribution in [0.15, 0.2) is 82.6 Å². The van der Waals surface area contributed by atoms with Gasteiger partial charge in [0, 0.05) is 36.0 Å². The van der Waals surface area contributed by atoms with E-state index in [0.717, 1.165) is 17.5 Å². The van der Waals surface area contributed by atoms with E-state index >= 15 is 0 Å². The molecule has 0 spiro atoms.